The Morgan fingerprint density at radius 2 is 1.88 bits per heavy atom. The minimum atomic E-state index is -3.88. The van der Waals surface area contributed by atoms with Crippen LogP contribution in [0.5, 0.6) is 0 Å². The molecule has 2 rings (SSSR count). The molecule has 1 aromatic carbocycles. The van der Waals surface area contributed by atoms with Crippen LogP contribution in [0.3, 0.4) is 0 Å². The Bertz CT molecular complexity index is 525. The normalized spacial score (nSPS) is 23.1. The van der Waals surface area contributed by atoms with Crippen LogP contribution in [0.25, 0.3) is 0 Å². The lowest BCUT2D eigenvalue weighted by molar-refractivity contribution is -0.0976. The zero-order valence-corrected chi connectivity index (χ0v) is 10.0. The molecule has 0 N–H and O–H groups in total. The molecule has 3 nitrogen and oxygen atoms in total. The third-order valence-corrected chi connectivity index (χ3v) is 3.29. The maximum absolute atomic E-state index is 13.7. The van der Waals surface area contributed by atoms with Crippen molar-refractivity contribution in [2.45, 2.75) is 24.9 Å². The maximum Gasteiger partial charge on any atom is 0.279 e. The van der Waals surface area contributed by atoms with Crippen molar-refractivity contribution in [1.82, 2.24) is 0 Å². The quantitative estimate of drug-likeness (QED) is 0.763. The first-order valence-electron chi connectivity index (χ1n) is 5.11. The summed E-state index contributed by atoms with van der Waals surface area (Å²) in [6, 6.07) is 6.76. The number of benzene rings is 1. The number of alkyl halides is 2. The minimum absolute atomic E-state index is 0.0871. The minimum Gasteiger partial charge on any atom is -0.260 e. The van der Waals surface area contributed by atoms with Gasteiger partial charge in [0.15, 0.2) is 0 Å². The fraction of sp³-hybridized carbons (Fsp3) is 0.455. The summed E-state index contributed by atoms with van der Waals surface area (Å²) in [7, 11) is -3.88. The van der Waals surface area contributed by atoms with Crippen LogP contribution in [0.15, 0.2) is 24.3 Å². The van der Waals surface area contributed by atoms with E-state index in [1.54, 1.807) is 24.3 Å². The van der Waals surface area contributed by atoms with Gasteiger partial charge in [0.2, 0.25) is 0 Å². The van der Waals surface area contributed by atoms with Gasteiger partial charge in [0.25, 0.3) is 16.0 Å². The Morgan fingerprint density at radius 1 is 1.29 bits per heavy atom. The zero-order valence-electron chi connectivity index (χ0n) is 9.19. The Kier molecular flexibility index (Phi) is 2.95. The first-order chi connectivity index (χ1) is 7.78. The molecule has 0 heterocycles. The Hall–Kier alpha value is -1.01. The molecule has 0 fully saturated rings. The van der Waals surface area contributed by atoms with Crippen LogP contribution in [0.2, 0.25) is 0 Å². The molecule has 0 bridgehead atoms. The van der Waals surface area contributed by atoms with Gasteiger partial charge in [-0.2, -0.15) is 8.42 Å². The van der Waals surface area contributed by atoms with Crippen LogP contribution in [0, 0.1) is 0 Å². The van der Waals surface area contributed by atoms with Gasteiger partial charge in [0.05, 0.1) is 6.26 Å². The van der Waals surface area contributed by atoms with E-state index in [0.717, 1.165) is 6.26 Å². The third kappa shape index (κ3) is 2.81. The van der Waals surface area contributed by atoms with Gasteiger partial charge >= 0.3 is 0 Å². The predicted molar refractivity (Wildman–Crippen MR) is 58.5 cm³/mol. The molecule has 94 valence electrons. The summed E-state index contributed by atoms with van der Waals surface area (Å²) < 4.78 is 53.7. The van der Waals surface area contributed by atoms with Crippen LogP contribution >= 0.6 is 0 Å². The second-order valence-corrected chi connectivity index (χ2v) is 5.80. The smallest absolute Gasteiger partial charge is 0.260 e. The summed E-state index contributed by atoms with van der Waals surface area (Å²) in [5, 5.41) is 0. The average molecular weight is 262 g/mol. The highest BCUT2D eigenvalue weighted by molar-refractivity contribution is 7.86. The van der Waals surface area contributed by atoms with Crippen LogP contribution in [-0.4, -0.2) is 26.7 Å². The van der Waals surface area contributed by atoms with Gasteiger partial charge in [0, 0.05) is 12.8 Å². The van der Waals surface area contributed by atoms with Crippen LogP contribution < -0.4 is 0 Å². The molecule has 1 atom stereocenters. The average Bonchev–Trinajstić information content (AvgIpc) is 2.16. The van der Waals surface area contributed by atoms with E-state index in [-0.39, 0.29) is 6.42 Å². The molecule has 0 aliphatic heterocycles. The highest BCUT2D eigenvalue weighted by Gasteiger charge is 2.46. The fourth-order valence-corrected chi connectivity index (χ4v) is 2.59. The van der Waals surface area contributed by atoms with Crippen molar-refractivity contribution in [3.8, 4) is 0 Å². The van der Waals surface area contributed by atoms with Gasteiger partial charge in [-0.15, -0.1) is 0 Å². The Balaban J connectivity index is 2.31. The monoisotopic (exact) mass is 262 g/mol. The van der Waals surface area contributed by atoms with E-state index in [1.165, 1.54) is 0 Å². The first-order valence-corrected chi connectivity index (χ1v) is 6.92. The molecule has 0 spiro atoms. The summed E-state index contributed by atoms with van der Waals surface area (Å²) in [5.74, 6) is -3.16. The third-order valence-electron chi connectivity index (χ3n) is 2.71. The van der Waals surface area contributed by atoms with Gasteiger partial charge in [0.1, 0.15) is 6.10 Å². The van der Waals surface area contributed by atoms with E-state index in [0.29, 0.717) is 11.1 Å². The van der Waals surface area contributed by atoms with Gasteiger partial charge in [-0.25, -0.2) is 8.78 Å². The van der Waals surface area contributed by atoms with E-state index in [1.807, 2.05) is 0 Å². The highest BCUT2D eigenvalue weighted by Crippen LogP contribution is 2.35. The lowest BCUT2D eigenvalue weighted by Gasteiger charge is -2.31. The molecule has 0 amide bonds. The van der Waals surface area contributed by atoms with E-state index in [4.69, 9.17) is 0 Å². The molecule has 0 saturated heterocycles. The Labute approximate surface area is 98.5 Å². The van der Waals surface area contributed by atoms with Crippen molar-refractivity contribution in [3.63, 3.8) is 0 Å². The van der Waals surface area contributed by atoms with Crippen molar-refractivity contribution in [1.29, 1.82) is 0 Å². The molecule has 1 aromatic rings. The zero-order chi connectivity index (χ0) is 12.7. The van der Waals surface area contributed by atoms with Crippen molar-refractivity contribution < 1.29 is 21.4 Å². The lowest BCUT2D eigenvalue weighted by Crippen LogP contribution is -2.44. The van der Waals surface area contributed by atoms with Gasteiger partial charge in [-0.3, -0.25) is 4.18 Å². The number of hydrogen-bond acceptors (Lipinski definition) is 3. The Morgan fingerprint density at radius 3 is 2.47 bits per heavy atom. The van der Waals surface area contributed by atoms with Crippen LogP contribution in [0.1, 0.15) is 11.1 Å². The van der Waals surface area contributed by atoms with Crippen molar-refractivity contribution >= 4 is 10.1 Å². The van der Waals surface area contributed by atoms with Crippen LogP contribution in [-0.2, 0) is 27.1 Å². The second kappa shape index (κ2) is 4.03. The molecule has 0 aromatic heterocycles. The van der Waals surface area contributed by atoms with E-state index in [9.17, 15) is 17.2 Å². The number of halogens is 2. The molecule has 17 heavy (non-hydrogen) atoms. The van der Waals surface area contributed by atoms with E-state index < -0.39 is 28.6 Å². The second-order valence-electron chi connectivity index (χ2n) is 4.20. The molecular weight excluding hydrogens is 250 g/mol. The first kappa shape index (κ1) is 12.4. The largest absolute Gasteiger partial charge is 0.279 e. The topological polar surface area (TPSA) is 43.4 Å². The van der Waals surface area contributed by atoms with E-state index >= 15 is 0 Å². The highest BCUT2D eigenvalue weighted by atomic mass is 32.2. The molecular formula is C11H12F2O3S. The summed E-state index contributed by atoms with van der Waals surface area (Å²) in [6.45, 7) is 0. The predicted octanol–water partition coefficient (Wildman–Crippen LogP) is 1.77. The summed E-state index contributed by atoms with van der Waals surface area (Å²) in [4.78, 5) is 0. The molecule has 1 aliphatic rings. The molecule has 1 aliphatic carbocycles. The van der Waals surface area contributed by atoms with Crippen molar-refractivity contribution in [3.05, 3.63) is 35.4 Å². The SMILES string of the molecule is CS(=O)(=O)OC1Cc2ccccc2CC1(F)F. The molecule has 6 heteroatoms. The lowest BCUT2D eigenvalue weighted by atomic mass is 9.87. The standard InChI is InChI=1S/C11H12F2O3S/c1-17(14,15)16-10-6-8-4-2-3-5-9(8)7-11(10,12)13/h2-5,10H,6-7H2,1H3. The van der Waals surface area contributed by atoms with Gasteiger partial charge < -0.3 is 0 Å². The maximum atomic E-state index is 13.7. The van der Waals surface area contributed by atoms with Gasteiger partial charge in [-0.05, 0) is 11.1 Å². The summed E-state index contributed by atoms with van der Waals surface area (Å²) in [5.41, 5.74) is 1.26. The number of rotatable bonds is 2. The van der Waals surface area contributed by atoms with Gasteiger partial charge in [-0.1, -0.05) is 24.3 Å². The van der Waals surface area contributed by atoms with Crippen molar-refractivity contribution in [2.75, 3.05) is 6.26 Å². The van der Waals surface area contributed by atoms with E-state index in [2.05, 4.69) is 4.18 Å². The van der Waals surface area contributed by atoms with Crippen LogP contribution in [0.4, 0.5) is 8.78 Å². The summed E-state index contributed by atoms with van der Waals surface area (Å²) >= 11 is 0. The number of fused-ring (bicyclic) bond motifs is 1. The summed E-state index contributed by atoms with van der Waals surface area (Å²) in [6.07, 6.45) is -1.39. The molecule has 0 radical (unpaired) electrons. The fourth-order valence-electron chi connectivity index (χ4n) is 1.96. The number of hydrogen-bond donors (Lipinski definition) is 0. The molecule has 0 saturated carbocycles. The molecule has 1 unspecified atom stereocenters. The van der Waals surface area contributed by atoms with Crippen molar-refractivity contribution in [2.24, 2.45) is 0 Å².